The van der Waals surface area contributed by atoms with Gasteiger partial charge in [-0.25, -0.2) is 0 Å². The smallest absolute Gasteiger partial charge is 0.306 e. The molecule has 0 amide bonds. The third kappa shape index (κ3) is 55.5. The van der Waals surface area contributed by atoms with Crippen molar-refractivity contribution in [3.8, 4) is 0 Å². The average Bonchev–Trinajstić information content (AvgIpc) is 3.36. The van der Waals surface area contributed by atoms with Crippen LogP contribution in [0.1, 0.15) is 284 Å². The lowest BCUT2D eigenvalue weighted by Gasteiger charge is -2.18. The third-order valence-corrected chi connectivity index (χ3v) is 12.6. The molecule has 70 heavy (non-hydrogen) atoms. The van der Waals surface area contributed by atoms with E-state index in [9.17, 15) is 14.4 Å². The molecule has 0 fully saturated rings. The summed E-state index contributed by atoms with van der Waals surface area (Å²) < 4.78 is 16.8. The second-order valence-corrected chi connectivity index (χ2v) is 19.5. The van der Waals surface area contributed by atoms with Crippen molar-refractivity contribution in [1.29, 1.82) is 0 Å². The van der Waals surface area contributed by atoms with Gasteiger partial charge in [0, 0.05) is 19.3 Å². The molecule has 402 valence electrons. The summed E-state index contributed by atoms with van der Waals surface area (Å²) in [7, 11) is 0. The van der Waals surface area contributed by atoms with Crippen molar-refractivity contribution < 1.29 is 28.6 Å². The maximum atomic E-state index is 12.9. The first-order valence-electron chi connectivity index (χ1n) is 29.6. The number of hydrogen-bond acceptors (Lipinski definition) is 6. The summed E-state index contributed by atoms with van der Waals surface area (Å²) >= 11 is 0. The molecular weight excluding hydrogens is 865 g/mol. The zero-order chi connectivity index (χ0) is 50.7. The Balaban J connectivity index is 4.42. The summed E-state index contributed by atoms with van der Waals surface area (Å²) in [5.41, 5.74) is 0. The minimum atomic E-state index is -0.800. The number of rotatable bonds is 53. The van der Waals surface area contributed by atoms with Crippen molar-refractivity contribution >= 4 is 17.9 Å². The van der Waals surface area contributed by atoms with Crippen molar-refractivity contribution in [2.45, 2.75) is 290 Å². The van der Waals surface area contributed by atoms with Crippen LogP contribution in [0.5, 0.6) is 0 Å². The highest BCUT2D eigenvalue weighted by Gasteiger charge is 2.19. The molecule has 0 aromatic heterocycles. The van der Waals surface area contributed by atoms with Crippen molar-refractivity contribution in [3.05, 3.63) is 85.1 Å². The Morgan fingerprint density at radius 2 is 0.557 bits per heavy atom. The van der Waals surface area contributed by atoms with E-state index in [1.54, 1.807) is 0 Å². The summed E-state index contributed by atoms with van der Waals surface area (Å²) in [4.78, 5) is 38.2. The molecule has 6 heteroatoms. The Labute approximate surface area is 433 Å². The van der Waals surface area contributed by atoms with Crippen LogP contribution in [0, 0.1) is 0 Å². The topological polar surface area (TPSA) is 78.9 Å². The van der Waals surface area contributed by atoms with Gasteiger partial charge in [0.1, 0.15) is 13.2 Å². The molecule has 0 rings (SSSR count). The first-order chi connectivity index (χ1) is 34.5. The highest BCUT2D eigenvalue weighted by molar-refractivity contribution is 5.71. The maximum absolute atomic E-state index is 12.9. The summed E-state index contributed by atoms with van der Waals surface area (Å²) in [6.07, 6.45) is 75.8. The fraction of sp³-hybridized carbons (Fsp3) is 0.734. The van der Waals surface area contributed by atoms with Crippen molar-refractivity contribution in [3.63, 3.8) is 0 Å². The zero-order valence-corrected chi connectivity index (χ0v) is 46.0. The Kier molecular flexibility index (Phi) is 55.3. The third-order valence-electron chi connectivity index (χ3n) is 12.6. The second-order valence-electron chi connectivity index (χ2n) is 19.5. The van der Waals surface area contributed by atoms with E-state index in [-0.39, 0.29) is 31.1 Å². The highest BCUT2D eigenvalue weighted by Crippen LogP contribution is 2.15. The molecule has 0 heterocycles. The van der Waals surface area contributed by atoms with Gasteiger partial charge in [-0.2, -0.15) is 0 Å². The van der Waals surface area contributed by atoms with E-state index in [1.807, 2.05) is 0 Å². The Morgan fingerprint density at radius 1 is 0.300 bits per heavy atom. The Hall–Kier alpha value is -3.41. The lowest BCUT2D eigenvalue weighted by atomic mass is 10.1. The molecule has 0 saturated heterocycles. The van der Waals surface area contributed by atoms with Crippen LogP contribution in [-0.2, 0) is 28.6 Å². The van der Waals surface area contributed by atoms with Gasteiger partial charge in [0.2, 0.25) is 0 Å². The number of ether oxygens (including phenoxy) is 3. The van der Waals surface area contributed by atoms with E-state index in [0.29, 0.717) is 19.3 Å². The molecule has 0 aromatic rings. The minimum Gasteiger partial charge on any atom is -0.462 e. The molecule has 1 atom stereocenters. The Bertz CT molecular complexity index is 1350. The zero-order valence-electron chi connectivity index (χ0n) is 46.0. The summed E-state index contributed by atoms with van der Waals surface area (Å²) in [5.74, 6) is -0.944. The van der Waals surface area contributed by atoms with Gasteiger partial charge in [-0.05, 0) is 116 Å². The predicted molar refractivity (Wildman–Crippen MR) is 302 cm³/mol. The lowest BCUT2D eigenvalue weighted by Crippen LogP contribution is -2.30. The molecule has 0 aliphatic rings. The van der Waals surface area contributed by atoms with E-state index in [2.05, 4.69) is 106 Å². The highest BCUT2D eigenvalue weighted by atomic mass is 16.6. The molecular formula is C64H110O6. The van der Waals surface area contributed by atoms with Gasteiger partial charge in [0.05, 0.1) is 0 Å². The van der Waals surface area contributed by atoms with E-state index >= 15 is 0 Å². The number of unbranched alkanes of at least 4 members (excludes halogenated alkanes) is 28. The fourth-order valence-corrected chi connectivity index (χ4v) is 8.16. The molecule has 0 radical (unpaired) electrons. The maximum Gasteiger partial charge on any atom is 0.306 e. The van der Waals surface area contributed by atoms with Crippen LogP contribution in [0.4, 0.5) is 0 Å². The average molecular weight is 976 g/mol. The normalized spacial score (nSPS) is 12.7. The summed E-state index contributed by atoms with van der Waals surface area (Å²) in [6, 6.07) is 0. The molecule has 1 unspecified atom stereocenters. The second kappa shape index (κ2) is 58.2. The fourth-order valence-electron chi connectivity index (χ4n) is 8.16. The van der Waals surface area contributed by atoms with Crippen LogP contribution in [0.2, 0.25) is 0 Å². The van der Waals surface area contributed by atoms with E-state index < -0.39 is 6.10 Å². The summed E-state index contributed by atoms with van der Waals surface area (Å²) in [6.45, 7) is 6.48. The van der Waals surface area contributed by atoms with Crippen molar-refractivity contribution in [2.24, 2.45) is 0 Å². The van der Waals surface area contributed by atoms with Crippen LogP contribution in [0.3, 0.4) is 0 Å². The van der Waals surface area contributed by atoms with E-state index in [0.717, 1.165) is 103 Å². The van der Waals surface area contributed by atoms with Gasteiger partial charge >= 0.3 is 17.9 Å². The van der Waals surface area contributed by atoms with Crippen LogP contribution < -0.4 is 0 Å². The molecule has 0 N–H and O–H groups in total. The molecule has 6 nitrogen and oxygen atoms in total. The van der Waals surface area contributed by atoms with E-state index in [1.165, 1.54) is 141 Å². The first-order valence-corrected chi connectivity index (χ1v) is 29.6. The van der Waals surface area contributed by atoms with Gasteiger partial charge in [0.15, 0.2) is 6.10 Å². The Morgan fingerprint density at radius 3 is 0.914 bits per heavy atom. The molecule has 0 bridgehead atoms. The van der Waals surface area contributed by atoms with E-state index in [4.69, 9.17) is 14.2 Å². The monoisotopic (exact) mass is 975 g/mol. The molecule has 0 spiro atoms. The predicted octanol–water partition coefficient (Wildman–Crippen LogP) is 19.9. The van der Waals surface area contributed by atoms with Gasteiger partial charge in [-0.1, -0.05) is 234 Å². The molecule has 0 aromatic carbocycles. The van der Waals surface area contributed by atoms with Crippen LogP contribution in [0.25, 0.3) is 0 Å². The van der Waals surface area contributed by atoms with Crippen LogP contribution >= 0.6 is 0 Å². The molecule has 0 aliphatic carbocycles. The number of allylic oxidation sites excluding steroid dienone is 14. The van der Waals surface area contributed by atoms with Gasteiger partial charge < -0.3 is 14.2 Å². The van der Waals surface area contributed by atoms with Crippen LogP contribution in [0.15, 0.2) is 85.1 Å². The minimum absolute atomic E-state index is 0.0950. The number of carbonyl (C=O) groups excluding carboxylic acids is 3. The lowest BCUT2D eigenvalue weighted by molar-refractivity contribution is -0.167. The molecule has 0 saturated carbocycles. The number of carbonyl (C=O) groups is 3. The summed E-state index contributed by atoms with van der Waals surface area (Å²) in [5, 5.41) is 0. The molecule has 0 aliphatic heterocycles. The van der Waals surface area contributed by atoms with Crippen molar-refractivity contribution in [2.75, 3.05) is 13.2 Å². The van der Waals surface area contributed by atoms with Gasteiger partial charge in [0.25, 0.3) is 0 Å². The van der Waals surface area contributed by atoms with Crippen molar-refractivity contribution in [1.82, 2.24) is 0 Å². The van der Waals surface area contributed by atoms with Gasteiger partial charge in [-0.3, -0.25) is 14.4 Å². The quantitative estimate of drug-likeness (QED) is 0.0261. The standard InChI is InChI=1S/C64H110O6/c1-4-7-10-13-16-19-22-25-28-30-31-32-33-34-37-39-42-45-48-51-54-57-63(66)69-60-61(59-68-62(65)56-53-50-47-44-41-38-35-27-24-21-18-15-12-9-6-3)70-64(67)58-55-52-49-46-43-40-36-29-26-23-20-17-14-11-8-5-2/h9,12,18,21-22,25,27,29-31,35-36,41,44,61H,4-8,10-11,13-17,19-20,23-24,26,28,32-34,37-40,42-43,45-60H2,1-3H3/b12-9-,21-18-,25-22-,31-30-,35-27-,36-29-,44-41-. The number of hydrogen-bond donors (Lipinski definition) is 0. The number of esters is 3. The first kappa shape index (κ1) is 66.6. The largest absolute Gasteiger partial charge is 0.462 e. The SMILES string of the molecule is CC/C=C\C/C=C\C/C=C\C/C=C\CCCCC(=O)OCC(COC(=O)CCCCCCCCCCC/C=C\C/C=C\CCCCCCC)OC(=O)CCCCCCC/C=C\CCCCCCCCC. The van der Waals surface area contributed by atoms with Crippen LogP contribution in [-0.4, -0.2) is 37.2 Å². The van der Waals surface area contributed by atoms with Gasteiger partial charge in [-0.15, -0.1) is 0 Å².